The van der Waals surface area contributed by atoms with Gasteiger partial charge >= 0.3 is 0 Å². The molecule has 0 saturated heterocycles. The van der Waals surface area contributed by atoms with Crippen LogP contribution in [0.25, 0.3) is 11.3 Å². The smallest absolute Gasteiger partial charge is 0.0965 e. The van der Waals surface area contributed by atoms with E-state index in [9.17, 15) is 0 Å². The van der Waals surface area contributed by atoms with Crippen LogP contribution in [0.1, 0.15) is 24.6 Å². The summed E-state index contributed by atoms with van der Waals surface area (Å²) in [6.45, 7) is 7.11. The summed E-state index contributed by atoms with van der Waals surface area (Å²) >= 11 is 0. The molecule has 2 aromatic rings. The molecular weight excluding hydrogens is 212 g/mol. The fraction of sp³-hybridized carbons (Fsp3) is 0.385. The second-order valence-electron chi connectivity index (χ2n) is 4.32. The highest BCUT2D eigenvalue weighted by Gasteiger charge is 2.12. The van der Waals surface area contributed by atoms with Gasteiger partial charge in [0.25, 0.3) is 0 Å². The largest absolute Gasteiger partial charge is 0.397 e. The predicted octanol–water partition coefficient (Wildman–Crippen LogP) is 2.55. The van der Waals surface area contributed by atoms with Crippen LogP contribution in [0.5, 0.6) is 0 Å². The minimum Gasteiger partial charge on any atom is -0.397 e. The molecule has 0 fully saturated rings. The number of aryl methyl sites for hydroxylation is 2. The maximum Gasteiger partial charge on any atom is 0.0965 e. The van der Waals surface area contributed by atoms with Crippen molar-refractivity contribution in [3.8, 4) is 11.3 Å². The van der Waals surface area contributed by atoms with E-state index >= 15 is 0 Å². The number of hydrogen-bond acceptors (Lipinski definition) is 3. The number of rotatable bonds is 3. The van der Waals surface area contributed by atoms with Crippen molar-refractivity contribution in [2.45, 2.75) is 33.7 Å². The van der Waals surface area contributed by atoms with Gasteiger partial charge in [-0.1, -0.05) is 6.92 Å². The third-order valence-corrected chi connectivity index (χ3v) is 2.85. The summed E-state index contributed by atoms with van der Waals surface area (Å²) in [6, 6.07) is 1.94. The lowest BCUT2D eigenvalue weighted by atomic mass is 10.1. The zero-order chi connectivity index (χ0) is 12.4. The minimum absolute atomic E-state index is 0.712. The zero-order valence-electron chi connectivity index (χ0n) is 10.6. The number of nitrogen functional groups attached to an aromatic ring is 1. The van der Waals surface area contributed by atoms with Crippen LogP contribution >= 0.6 is 0 Å². The van der Waals surface area contributed by atoms with Gasteiger partial charge in [0.2, 0.25) is 0 Å². The molecule has 17 heavy (non-hydrogen) atoms. The van der Waals surface area contributed by atoms with Gasteiger partial charge in [-0.15, -0.1) is 0 Å². The molecule has 4 nitrogen and oxygen atoms in total. The molecule has 0 atom stereocenters. The Morgan fingerprint density at radius 1 is 1.29 bits per heavy atom. The van der Waals surface area contributed by atoms with Crippen molar-refractivity contribution in [2.75, 3.05) is 5.73 Å². The van der Waals surface area contributed by atoms with Gasteiger partial charge in [0.15, 0.2) is 0 Å². The molecule has 2 N–H and O–H groups in total. The predicted molar refractivity (Wildman–Crippen MR) is 69.6 cm³/mol. The van der Waals surface area contributed by atoms with Gasteiger partial charge < -0.3 is 5.73 Å². The summed E-state index contributed by atoms with van der Waals surface area (Å²) in [5, 5.41) is 4.37. The molecule has 2 rings (SSSR count). The summed E-state index contributed by atoms with van der Waals surface area (Å²) in [7, 11) is 0. The lowest BCUT2D eigenvalue weighted by Gasteiger charge is -2.06. The van der Waals surface area contributed by atoms with Gasteiger partial charge in [-0.05, 0) is 31.9 Å². The van der Waals surface area contributed by atoms with Crippen LogP contribution in [0.3, 0.4) is 0 Å². The van der Waals surface area contributed by atoms with Crippen molar-refractivity contribution in [3.05, 3.63) is 29.7 Å². The van der Waals surface area contributed by atoms with Gasteiger partial charge in [0.1, 0.15) is 0 Å². The Morgan fingerprint density at radius 2 is 2.06 bits per heavy atom. The number of nitrogens with zero attached hydrogens (tertiary/aromatic N) is 3. The van der Waals surface area contributed by atoms with Crippen molar-refractivity contribution in [1.29, 1.82) is 0 Å². The van der Waals surface area contributed by atoms with Crippen LogP contribution < -0.4 is 5.73 Å². The van der Waals surface area contributed by atoms with Crippen molar-refractivity contribution < 1.29 is 0 Å². The van der Waals surface area contributed by atoms with Crippen LogP contribution in [-0.2, 0) is 6.54 Å². The Morgan fingerprint density at radius 3 is 2.71 bits per heavy atom. The van der Waals surface area contributed by atoms with Crippen LogP contribution in [0.4, 0.5) is 5.69 Å². The molecule has 0 saturated carbocycles. The number of pyridine rings is 1. The Balaban J connectivity index is 2.46. The number of hydrogen-bond donors (Lipinski definition) is 1. The first kappa shape index (κ1) is 11.6. The van der Waals surface area contributed by atoms with Crippen molar-refractivity contribution in [1.82, 2.24) is 14.8 Å². The Hall–Kier alpha value is -1.84. The van der Waals surface area contributed by atoms with E-state index in [0.29, 0.717) is 5.69 Å². The highest BCUT2D eigenvalue weighted by molar-refractivity contribution is 5.73. The molecule has 0 radical (unpaired) electrons. The maximum atomic E-state index is 6.01. The van der Waals surface area contributed by atoms with Crippen LogP contribution in [0, 0.1) is 13.8 Å². The van der Waals surface area contributed by atoms with E-state index in [1.54, 1.807) is 0 Å². The Labute approximate surface area is 101 Å². The summed E-state index contributed by atoms with van der Waals surface area (Å²) in [5.41, 5.74) is 10.8. The normalized spacial score (nSPS) is 10.8. The molecule has 0 amide bonds. The fourth-order valence-corrected chi connectivity index (χ4v) is 1.93. The average Bonchev–Trinajstić information content (AvgIpc) is 2.62. The highest BCUT2D eigenvalue weighted by atomic mass is 15.3. The van der Waals surface area contributed by atoms with E-state index in [0.717, 1.165) is 35.5 Å². The standard InChI is InChI=1S/C13H18N4/c1-4-5-17-10(3)11(8-16-17)13-12(14)6-9(2)7-15-13/h6-8H,4-5,14H2,1-3H3. The molecule has 4 heteroatoms. The molecule has 0 unspecified atom stereocenters. The van der Waals surface area contributed by atoms with Crippen molar-refractivity contribution in [2.24, 2.45) is 0 Å². The van der Waals surface area contributed by atoms with Gasteiger partial charge in [0.05, 0.1) is 17.6 Å². The molecule has 2 heterocycles. The summed E-state index contributed by atoms with van der Waals surface area (Å²) in [5.74, 6) is 0. The van der Waals surface area contributed by atoms with Crippen LogP contribution in [0.2, 0.25) is 0 Å². The topological polar surface area (TPSA) is 56.7 Å². The van der Waals surface area contributed by atoms with Crippen molar-refractivity contribution >= 4 is 5.69 Å². The van der Waals surface area contributed by atoms with Crippen LogP contribution in [-0.4, -0.2) is 14.8 Å². The second-order valence-corrected chi connectivity index (χ2v) is 4.32. The molecule has 0 spiro atoms. The maximum absolute atomic E-state index is 6.01. The highest BCUT2D eigenvalue weighted by Crippen LogP contribution is 2.26. The fourth-order valence-electron chi connectivity index (χ4n) is 1.93. The summed E-state index contributed by atoms with van der Waals surface area (Å²) in [4.78, 5) is 4.40. The molecular formula is C13H18N4. The summed E-state index contributed by atoms with van der Waals surface area (Å²) in [6.07, 6.45) is 4.75. The average molecular weight is 230 g/mol. The first-order valence-corrected chi connectivity index (χ1v) is 5.88. The number of anilines is 1. The Kier molecular flexibility index (Phi) is 3.13. The lowest BCUT2D eigenvalue weighted by molar-refractivity contribution is 0.587. The number of nitrogens with two attached hydrogens (primary N) is 1. The van der Waals surface area contributed by atoms with Crippen molar-refractivity contribution in [3.63, 3.8) is 0 Å². The summed E-state index contributed by atoms with van der Waals surface area (Å²) < 4.78 is 2.00. The van der Waals surface area contributed by atoms with Gasteiger partial charge in [0, 0.05) is 24.0 Å². The zero-order valence-corrected chi connectivity index (χ0v) is 10.6. The van der Waals surface area contributed by atoms with E-state index in [-0.39, 0.29) is 0 Å². The third kappa shape index (κ3) is 2.16. The SMILES string of the molecule is CCCn1ncc(-c2ncc(C)cc2N)c1C. The van der Waals surface area contributed by atoms with E-state index < -0.39 is 0 Å². The second kappa shape index (κ2) is 4.57. The molecule has 0 aliphatic heterocycles. The minimum atomic E-state index is 0.712. The van der Waals surface area contributed by atoms with Gasteiger partial charge in [-0.3, -0.25) is 9.67 Å². The third-order valence-electron chi connectivity index (χ3n) is 2.85. The lowest BCUT2D eigenvalue weighted by Crippen LogP contribution is -2.01. The number of aromatic nitrogens is 3. The van der Waals surface area contributed by atoms with E-state index in [4.69, 9.17) is 5.73 Å². The van der Waals surface area contributed by atoms with Gasteiger partial charge in [-0.2, -0.15) is 5.10 Å². The first-order chi connectivity index (χ1) is 8.13. The Bertz CT molecular complexity index is 528. The van der Waals surface area contributed by atoms with E-state index in [1.165, 1.54) is 0 Å². The van der Waals surface area contributed by atoms with Gasteiger partial charge in [-0.25, -0.2) is 0 Å². The molecule has 0 aliphatic carbocycles. The first-order valence-electron chi connectivity index (χ1n) is 5.88. The molecule has 2 aromatic heterocycles. The van der Waals surface area contributed by atoms with E-state index in [2.05, 4.69) is 23.9 Å². The van der Waals surface area contributed by atoms with E-state index in [1.807, 2.05) is 30.1 Å². The quantitative estimate of drug-likeness (QED) is 0.881. The molecule has 0 aliphatic rings. The van der Waals surface area contributed by atoms with Crippen LogP contribution in [0.15, 0.2) is 18.5 Å². The molecule has 0 aromatic carbocycles. The molecule has 0 bridgehead atoms. The molecule has 90 valence electrons. The monoisotopic (exact) mass is 230 g/mol.